The molecule has 0 radical (unpaired) electrons. The van der Waals surface area contributed by atoms with Crippen LogP contribution in [-0.2, 0) is 0 Å². The summed E-state index contributed by atoms with van der Waals surface area (Å²) < 4.78 is 0. The predicted octanol–water partition coefficient (Wildman–Crippen LogP) is 0.935. The van der Waals surface area contributed by atoms with Crippen molar-refractivity contribution in [1.29, 1.82) is 0 Å². The first kappa shape index (κ1) is 10.3. The van der Waals surface area contributed by atoms with Crippen molar-refractivity contribution in [2.75, 3.05) is 0 Å². The van der Waals surface area contributed by atoms with Crippen LogP contribution in [-0.4, -0.2) is 39.2 Å². The summed E-state index contributed by atoms with van der Waals surface area (Å²) in [6, 6.07) is 5.52. The number of hydrogen-bond acceptors (Lipinski definition) is 2. The summed E-state index contributed by atoms with van der Waals surface area (Å²) in [4.78, 5) is 10.2. The Morgan fingerprint density at radius 1 is 1.45 bits per heavy atom. The van der Waals surface area contributed by atoms with E-state index in [9.17, 15) is 4.79 Å². The summed E-state index contributed by atoms with van der Waals surface area (Å²) >= 11 is 0. The number of aromatic carboxylic acids is 1. The second-order valence-corrected chi connectivity index (χ2v) is 1.86. The summed E-state index contributed by atoms with van der Waals surface area (Å²) in [5, 5.41) is 17.2. The van der Waals surface area contributed by atoms with E-state index in [0.29, 0.717) is 0 Å². The fourth-order valence-electron chi connectivity index (χ4n) is 0.639. The summed E-state index contributed by atoms with van der Waals surface area (Å²) in [5.41, 5.74) is 0.0972. The van der Waals surface area contributed by atoms with Gasteiger partial charge in [0.25, 0.3) is 0 Å². The topological polar surface area (TPSA) is 57.5 Å². The predicted molar refractivity (Wildman–Crippen MR) is 43.0 cm³/mol. The van der Waals surface area contributed by atoms with Crippen molar-refractivity contribution >= 4 is 29.0 Å². The van der Waals surface area contributed by atoms with Crippen LogP contribution in [0.25, 0.3) is 0 Å². The number of rotatable bonds is 1. The molecule has 1 aromatic carbocycles. The van der Waals surface area contributed by atoms with E-state index < -0.39 is 5.97 Å². The molecule has 0 saturated heterocycles. The fraction of sp³-hybridized carbons (Fsp3) is 0. The minimum atomic E-state index is -1.03. The Labute approximate surface area is 82.8 Å². The van der Waals surface area contributed by atoms with Gasteiger partial charge in [0.15, 0.2) is 0 Å². The quantitative estimate of drug-likeness (QED) is 0.607. The van der Waals surface area contributed by atoms with Crippen LogP contribution in [0.2, 0.25) is 0 Å². The molecule has 0 fully saturated rings. The first-order valence-corrected chi connectivity index (χ1v) is 2.72. The van der Waals surface area contributed by atoms with Crippen molar-refractivity contribution in [3.63, 3.8) is 0 Å². The Kier molecular flexibility index (Phi) is 3.92. The molecule has 1 rings (SSSR count). The molecule has 0 saturated carbocycles. The largest absolute Gasteiger partial charge is 2.00 e. The van der Waals surface area contributed by atoms with Crippen molar-refractivity contribution in [3.05, 3.63) is 29.8 Å². The van der Waals surface area contributed by atoms with Crippen LogP contribution in [0.3, 0.4) is 0 Å². The molecule has 0 unspecified atom stereocenters. The second-order valence-electron chi connectivity index (χ2n) is 1.86. The molecule has 11 heavy (non-hydrogen) atoms. The minimum absolute atomic E-state index is 0. The maximum absolute atomic E-state index is 10.2. The molecule has 0 aromatic heterocycles. The van der Waals surface area contributed by atoms with Crippen LogP contribution in [0, 0.1) is 0 Å². The number of benzene rings is 1. The van der Waals surface area contributed by atoms with E-state index >= 15 is 0 Å². The van der Waals surface area contributed by atoms with E-state index in [0.717, 1.165) is 0 Å². The van der Waals surface area contributed by atoms with Gasteiger partial charge in [-0.15, -0.1) is 0 Å². The molecule has 0 spiro atoms. The van der Waals surface area contributed by atoms with Crippen molar-refractivity contribution in [2.24, 2.45) is 0 Å². The molecule has 0 aliphatic rings. The maximum atomic E-state index is 10.2. The third kappa shape index (κ3) is 2.77. The molecular formula is C7H8MgO3. The van der Waals surface area contributed by atoms with E-state index in [4.69, 9.17) is 10.2 Å². The van der Waals surface area contributed by atoms with Gasteiger partial charge in [-0.05, 0) is 18.2 Å². The molecule has 0 aliphatic heterocycles. The normalized spacial score (nSPS) is 8.36. The summed E-state index contributed by atoms with van der Waals surface area (Å²) in [5.74, 6) is -1.06. The van der Waals surface area contributed by atoms with Gasteiger partial charge in [-0.25, -0.2) is 4.79 Å². The molecule has 2 N–H and O–H groups in total. The zero-order valence-corrected chi connectivity index (χ0v) is 7.23. The first-order valence-electron chi connectivity index (χ1n) is 2.72. The standard InChI is InChI=1S/C7H6O3.Mg.2H/c8-6-3-1-2-5(4-6)7(9)10;;;/h1-4,8H,(H,9,10);;;/q;+2;2*-1. The molecule has 0 amide bonds. The molecule has 0 aliphatic carbocycles. The zero-order chi connectivity index (χ0) is 7.56. The van der Waals surface area contributed by atoms with E-state index in [1.165, 1.54) is 24.3 Å². The molecule has 0 heterocycles. The Hall–Kier alpha value is -0.744. The number of phenols is 1. The summed E-state index contributed by atoms with van der Waals surface area (Å²) in [6.45, 7) is 0. The molecule has 0 bridgehead atoms. The SMILES string of the molecule is O=C(O)c1cccc(O)c1.[H-].[H-].[Mg+2]. The fourth-order valence-corrected chi connectivity index (χ4v) is 0.639. The molecule has 4 heteroatoms. The van der Waals surface area contributed by atoms with Crippen LogP contribution >= 0.6 is 0 Å². The average molecular weight is 164 g/mol. The van der Waals surface area contributed by atoms with E-state index in [-0.39, 0.29) is 37.2 Å². The van der Waals surface area contributed by atoms with Crippen molar-refractivity contribution in [3.8, 4) is 5.75 Å². The molecular weight excluding hydrogens is 156 g/mol. The molecule has 1 aromatic rings. The Morgan fingerprint density at radius 2 is 2.09 bits per heavy atom. The molecule has 3 nitrogen and oxygen atoms in total. The molecule has 56 valence electrons. The van der Waals surface area contributed by atoms with E-state index in [1.807, 2.05) is 0 Å². The number of carboxylic acid groups (broad SMARTS) is 1. The van der Waals surface area contributed by atoms with Crippen LogP contribution < -0.4 is 0 Å². The van der Waals surface area contributed by atoms with Gasteiger partial charge in [-0.3, -0.25) is 0 Å². The van der Waals surface area contributed by atoms with Crippen LogP contribution in [0.4, 0.5) is 0 Å². The smallest absolute Gasteiger partial charge is 1.00 e. The van der Waals surface area contributed by atoms with Gasteiger partial charge in [0.1, 0.15) is 5.75 Å². The minimum Gasteiger partial charge on any atom is -1.00 e. The van der Waals surface area contributed by atoms with Crippen LogP contribution in [0.5, 0.6) is 5.75 Å². The number of aromatic hydroxyl groups is 1. The Morgan fingerprint density at radius 3 is 2.45 bits per heavy atom. The Balaban J connectivity index is -0.000000333. The van der Waals surface area contributed by atoms with Gasteiger partial charge in [-0.2, -0.15) is 0 Å². The maximum Gasteiger partial charge on any atom is 2.00 e. The van der Waals surface area contributed by atoms with E-state index in [1.54, 1.807) is 0 Å². The summed E-state index contributed by atoms with van der Waals surface area (Å²) in [6.07, 6.45) is 0. The average Bonchev–Trinajstić information content (AvgIpc) is 1.88. The third-order valence-electron chi connectivity index (χ3n) is 1.09. The Bertz CT molecular complexity index is 268. The monoisotopic (exact) mass is 164 g/mol. The zero-order valence-electron chi connectivity index (χ0n) is 7.82. The number of phenolic OH excluding ortho intramolecular Hbond substituents is 1. The van der Waals surface area contributed by atoms with Crippen molar-refractivity contribution in [2.45, 2.75) is 0 Å². The number of carbonyl (C=O) groups is 1. The van der Waals surface area contributed by atoms with Crippen molar-refractivity contribution < 1.29 is 17.9 Å². The first-order chi connectivity index (χ1) is 4.70. The number of hydrogen-bond donors (Lipinski definition) is 2. The van der Waals surface area contributed by atoms with Gasteiger partial charge >= 0.3 is 29.0 Å². The van der Waals surface area contributed by atoms with Crippen molar-refractivity contribution in [1.82, 2.24) is 0 Å². The van der Waals surface area contributed by atoms with Crippen LogP contribution in [0.15, 0.2) is 24.3 Å². The van der Waals surface area contributed by atoms with Gasteiger partial charge < -0.3 is 13.1 Å². The second kappa shape index (κ2) is 4.20. The van der Waals surface area contributed by atoms with Gasteiger partial charge in [0.05, 0.1) is 5.56 Å². The van der Waals surface area contributed by atoms with Gasteiger partial charge in [-0.1, -0.05) is 6.07 Å². The number of carboxylic acids is 1. The van der Waals surface area contributed by atoms with Crippen LogP contribution in [0.1, 0.15) is 13.2 Å². The molecule has 0 atom stereocenters. The summed E-state index contributed by atoms with van der Waals surface area (Å²) in [7, 11) is 0. The van der Waals surface area contributed by atoms with E-state index in [2.05, 4.69) is 0 Å². The van der Waals surface area contributed by atoms with Gasteiger partial charge in [0, 0.05) is 0 Å². The van der Waals surface area contributed by atoms with Gasteiger partial charge in [0.2, 0.25) is 0 Å². The third-order valence-corrected chi connectivity index (χ3v) is 1.09.